The third-order valence-corrected chi connectivity index (χ3v) is 3.84. The van der Waals surface area contributed by atoms with Crippen molar-refractivity contribution in [2.24, 2.45) is 11.7 Å². The first kappa shape index (κ1) is 15.0. The van der Waals surface area contributed by atoms with Crippen molar-refractivity contribution < 1.29 is 14.6 Å². The van der Waals surface area contributed by atoms with Crippen LogP contribution in [0.3, 0.4) is 0 Å². The molecule has 1 fully saturated rings. The van der Waals surface area contributed by atoms with Crippen LogP contribution in [0.4, 0.5) is 0 Å². The quantitative estimate of drug-likeness (QED) is 0.759. The van der Waals surface area contributed by atoms with Gasteiger partial charge in [0.25, 0.3) is 0 Å². The minimum atomic E-state index is -1.48. The van der Waals surface area contributed by atoms with Crippen molar-refractivity contribution in [2.75, 3.05) is 33.4 Å². The summed E-state index contributed by atoms with van der Waals surface area (Å²) in [5, 5.41) is 9.51. The van der Waals surface area contributed by atoms with Crippen molar-refractivity contribution in [1.29, 1.82) is 0 Å². The van der Waals surface area contributed by atoms with E-state index in [0.29, 0.717) is 18.1 Å². The predicted molar refractivity (Wildman–Crippen MR) is 76.0 cm³/mol. The van der Waals surface area contributed by atoms with Crippen molar-refractivity contribution in [1.82, 2.24) is 4.90 Å². The Morgan fingerprint density at radius 3 is 2.75 bits per heavy atom. The van der Waals surface area contributed by atoms with Gasteiger partial charge in [-0.2, -0.15) is 0 Å². The highest BCUT2D eigenvalue weighted by Gasteiger charge is 2.37. The van der Waals surface area contributed by atoms with Crippen molar-refractivity contribution in [3.63, 3.8) is 0 Å². The van der Waals surface area contributed by atoms with E-state index in [1.807, 2.05) is 13.1 Å². The van der Waals surface area contributed by atoms with Gasteiger partial charge in [0.2, 0.25) is 0 Å². The first-order valence-corrected chi connectivity index (χ1v) is 6.87. The van der Waals surface area contributed by atoms with Crippen LogP contribution in [0.5, 0.6) is 0 Å². The number of likely N-dealkylation sites (tertiary alicyclic amines) is 1. The predicted octanol–water partition coefficient (Wildman–Crippen LogP) is 0.328. The van der Waals surface area contributed by atoms with Crippen molar-refractivity contribution in [3.05, 3.63) is 35.9 Å². The molecule has 1 heterocycles. The molecule has 0 amide bonds. The summed E-state index contributed by atoms with van der Waals surface area (Å²) in [6.07, 6.45) is 1.02. The molecule has 5 heteroatoms. The maximum Gasteiger partial charge on any atom is 0.333 e. The molecule has 2 atom stereocenters. The van der Waals surface area contributed by atoms with E-state index < -0.39 is 18.1 Å². The lowest BCUT2D eigenvalue weighted by Gasteiger charge is -2.26. The molecule has 0 saturated carbocycles. The highest BCUT2D eigenvalue weighted by Crippen LogP contribution is 2.21. The van der Waals surface area contributed by atoms with Crippen molar-refractivity contribution in [3.8, 4) is 0 Å². The second kappa shape index (κ2) is 6.35. The highest BCUT2D eigenvalue weighted by atomic mass is 16.5. The van der Waals surface area contributed by atoms with Crippen LogP contribution in [-0.4, -0.2) is 49.3 Å². The van der Waals surface area contributed by atoms with E-state index in [1.165, 1.54) is 0 Å². The van der Waals surface area contributed by atoms with E-state index in [4.69, 9.17) is 10.5 Å². The molecule has 110 valence electrons. The molecule has 1 aliphatic rings. The van der Waals surface area contributed by atoms with E-state index in [9.17, 15) is 9.90 Å². The lowest BCUT2D eigenvalue weighted by atomic mass is 9.92. The van der Waals surface area contributed by atoms with Gasteiger partial charge in [-0.05, 0) is 25.6 Å². The number of benzene rings is 1. The molecule has 3 N–H and O–H groups in total. The van der Waals surface area contributed by atoms with Gasteiger partial charge in [0.1, 0.15) is 0 Å². The first-order chi connectivity index (χ1) is 9.56. The summed E-state index contributed by atoms with van der Waals surface area (Å²) in [7, 11) is 2.05. The number of carbonyl (C=O) groups excluding carboxylic acids is 1. The van der Waals surface area contributed by atoms with Gasteiger partial charge in [-0.1, -0.05) is 30.3 Å². The summed E-state index contributed by atoms with van der Waals surface area (Å²) in [6, 6.07) is 8.85. The molecule has 0 aromatic heterocycles. The van der Waals surface area contributed by atoms with Gasteiger partial charge in [-0.15, -0.1) is 0 Å². The molecule has 1 aliphatic heterocycles. The number of nitrogens with zero attached hydrogens (tertiary/aromatic N) is 1. The molecular formula is C15H22N2O3. The van der Waals surface area contributed by atoms with Crippen LogP contribution in [0.15, 0.2) is 30.3 Å². The maximum atomic E-state index is 12.2. The van der Waals surface area contributed by atoms with Crippen LogP contribution >= 0.6 is 0 Å². The smallest absolute Gasteiger partial charge is 0.333 e. The number of carbonyl (C=O) groups is 1. The van der Waals surface area contributed by atoms with Crippen LogP contribution in [-0.2, 0) is 15.1 Å². The molecule has 20 heavy (non-hydrogen) atoms. The van der Waals surface area contributed by atoms with Gasteiger partial charge in [0.15, 0.2) is 5.54 Å². The topological polar surface area (TPSA) is 75.8 Å². The van der Waals surface area contributed by atoms with Gasteiger partial charge in [0.05, 0.1) is 13.2 Å². The SMILES string of the molecule is CN1CC[C@@H](COC(=O)C(N)(CO)c2ccccc2)C1. The molecule has 0 radical (unpaired) electrons. The molecule has 2 rings (SSSR count). The van der Waals surface area contributed by atoms with Gasteiger partial charge >= 0.3 is 5.97 Å². The van der Waals surface area contributed by atoms with Crippen LogP contribution in [0.1, 0.15) is 12.0 Å². The Labute approximate surface area is 119 Å². The number of hydrogen-bond donors (Lipinski definition) is 2. The fourth-order valence-corrected chi connectivity index (χ4v) is 2.49. The summed E-state index contributed by atoms with van der Waals surface area (Å²) < 4.78 is 5.33. The zero-order chi connectivity index (χ0) is 14.6. The van der Waals surface area contributed by atoms with E-state index in [-0.39, 0.29) is 0 Å². The first-order valence-electron chi connectivity index (χ1n) is 6.87. The van der Waals surface area contributed by atoms with Gasteiger partial charge < -0.3 is 20.5 Å². The summed E-state index contributed by atoms with van der Waals surface area (Å²) in [6.45, 7) is 1.83. The Morgan fingerprint density at radius 1 is 1.50 bits per heavy atom. The second-order valence-corrected chi connectivity index (χ2v) is 5.51. The average Bonchev–Trinajstić information content (AvgIpc) is 2.90. The molecule has 5 nitrogen and oxygen atoms in total. The van der Waals surface area contributed by atoms with Crippen LogP contribution < -0.4 is 5.73 Å². The van der Waals surface area contributed by atoms with Crippen molar-refractivity contribution >= 4 is 5.97 Å². The number of esters is 1. The number of aliphatic hydroxyl groups excluding tert-OH is 1. The third kappa shape index (κ3) is 3.17. The fourth-order valence-electron chi connectivity index (χ4n) is 2.49. The molecule has 1 unspecified atom stereocenters. The molecule has 1 saturated heterocycles. The monoisotopic (exact) mass is 278 g/mol. The Kier molecular flexibility index (Phi) is 4.75. The zero-order valence-corrected chi connectivity index (χ0v) is 11.8. The normalized spacial score (nSPS) is 22.4. The van der Waals surface area contributed by atoms with Crippen molar-refractivity contribution in [2.45, 2.75) is 12.0 Å². The molecular weight excluding hydrogens is 256 g/mol. The summed E-state index contributed by atoms with van der Waals surface area (Å²) in [5.74, 6) is -0.219. The largest absolute Gasteiger partial charge is 0.464 e. The van der Waals surface area contributed by atoms with E-state index >= 15 is 0 Å². The Bertz CT molecular complexity index is 452. The summed E-state index contributed by atoms with van der Waals surface area (Å²) in [5.41, 5.74) is 5.12. The van der Waals surface area contributed by atoms with Crippen LogP contribution in [0, 0.1) is 5.92 Å². The minimum absolute atomic E-state index is 0.350. The number of aliphatic hydroxyl groups is 1. The van der Waals surface area contributed by atoms with Gasteiger partial charge in [0, 0.05) is 12.5 Å². The second-order valence-electron chi connectivity index (χ2n) is 5.51. The van der Waals surface area contributed by atoms with E-state index in [0.717, 1.165) is 19.5 Å². The standard InChI is InChI=1S/C15H22N2O3/c1-17-8-7-12(9-17)10-20-14(19)15(16,11-18)13-5-3-2-4-6-13/h2-6,12,18H,7-11,16H2,1H3/t12-,15?/m1/s1. The summed E-state index contributed by atoms with van der Waals surface area (Å²) >= 11 is 0. The number of hydrogen-bond acceptors (Lipinski definition) is 5. The summed E-state index contributed by atoms with van der Waals surface area (Å²) in [4.78, 5) is 14.4. The maximum absolute atomic E-state index is 12.2. The lowest BCUT2D eigenvalue weighted by Crippen LogP contribution is -2.49. The third-order valence-electron chi connectivity index (χ3n) is 3.84. The molecule has 1 aromatic carbocycles. The Balaban J connectivity index is 1.98. The number of ether oxygens (including phenoxy) is 1. The zero-order valence-electron chi connectivity index (χ0n) is 11.8. The van der Waals surface area contributed by atoms with Gasteiger partial charge in [-0.25, -0.2) is 4.79 Å². The average molecular weight is 278 g/mol. The highest BCUT2D eigenvalue weighted by molar-refractivity contribution is 5.82. The van der Waals surface area contributed by atoms with Crippen LogP contribution in [0.25, 0.3) is 0 Å². The molecule has 0 aliphatic carbocycles. The Morgan fingerprint density at radius 2 is 2.20 bits per heavy atom. The van der Waals surface area contributed by atoms with Gasteiger partial charge in [-0.3, -0.25) is 0 Å². The van der Waals surface area contributed by atoms with E-state index in [2.05, 4.69) is 4.90 Å². The lowest BCUT2D eigenvalue weighted by molar-refractivity contribution is -0.153. The van der Waals surface area contributed by atoms with Crippen LogP contribution in [0.2, 0.25) is 0 Å². The Hall–Kier alpha value is -1.43. The molecule has 0 bridgehead atoms. The fraction of sp³-hybridized carbons (Fsp3) is 0.533. The van der Waals surface area contributed by atoms with E-state index in [1.54, 1.807) is 24.3 Å². The number of nitrogens with two attached hydrogens (primary N) is 1. The molecule has 0 spiro atoms. The number of rotatable bonds is 5. The minimum Gasteiger partial charge on any atom is -0.464 e. The molecule has 1 aromatic rings.